The van der Waals surface area contributed by atoms with Gasteiger partial charge in [0.05, 0.1) is 0 Å². The highest BCUT2D eigenvalue weighted by molar-refractivity contribution is 5.95. The number of para-hydroxylation sites is 1. The van der Waals surface area contributed by atoms with Crippen molar-refractivity contribution in [1.29, 1.82) is 0 Å². The fourth-order valence-corrected chi connectivity index (χ4v) is 2.41. The molecule has 0 spiro atoms. The van der Waals surface area contributed by atoms with Crippen LogP contribution in [0.1, 0.15) is 30.9 Å². The van der Waals surface area contributed by atoms with Crippen LogP contribution in [0.3, 0.4) is 0 Å². The van der Waals surface area contributed by atoms with E-state index in [-0.39, 0.29) is 18.4 Å². The molecule has 22 heavy (non-hydrogen) atoms. The molecule has 0 bridgehead atoms. The molecular formula is C16H20N2O4. The summed E-state index contributed by atoms with van der Waals surface area (Å²) >= 11 is 0. The predicted octanol–water partition coefficient (Wildman–Crippen LogP) is 1.32. The quantitative estimate of drug-likeness (QED) is 0.804. The van der Waals surface area contributed by atoms with Crippen LogP contribution >= 0.6 is 0 Å². The van der Waals surface area contributed by atoms with Crippen LogP contribution in [0.25, 0.3) is 0 Å². The monoisotopic (exact) mass is 304 g/mol. The van der Waals surface area contributed by atoms with Gasteiger partial charge in [0.1, 0.15) is 6.04 Å². The molecule has 6 heteroatoms. The zero-order chi connectivity index (χ0) is 16.1. The first-order chi connectivity index (χ1) is 10.5. The molecule has 0 aliphatic carbocycles. The highest BCUT2D eigenvalue weighted by Crippen LogP contribution is 2.20. The largest absolute Gasteiger partial charge is 0.454 e. The second kappa shape index (κ2) is 7.06. The lowest BCUT2D eigenvalue weighted by atomic mass is 10.1. The highest BCUT2D eigenvalue weighted by Gasteiger charge is 2.28. The summed E-state index contributed by atoms with van der Waals surface area (Å²) in [6, 6.07) is 5.16. The van der Waals surface area contributed by atoms with Crippen molar-refractivity contribution in [2.45, 2.75) is 39.2 Å². The van der Waals surface area contributed by atoms with Crippen LogP contribution in [-0.2, 0) is 25.5 Å². The minimum Gasteiger partial charge on any atom is -0.454 e. The molecule has 6 nitrogen and oxygen atoms in total. The van der Waals surface area contributed by atoms with Gasteiger partial charge in [0.25, 0.3) is 5.91 Å². The molecule has 2 amide bonds. The Hall–Kier alpha value is -2.37. The van der Waals surface area contributed by atoms with Crippen LogP contribution in [0, 0.1) is 6.92 Å². The standard InChI is InChI=1S/C16H20N2O4/c1-3-11-6-4-5-10(2)15(11)18-14(20)9-22-16(21)12-7-8-13(19)17-12/h4-6,12H,3,7-9H2,1-2H3,(H,17,19)(H,18,20)/t12-/m1/s1. The topological polar surface area (TPSA) is 84.5 Å². The molecule has 1 aromatic carbocycles. The first-order valence-electron chi connectivity index (χ1n) is 7.35. The summed E-state index contributed by atoms with van der Waals surface area (Å²) in [5.74, 6) is -1.12. The van der Waals surface area contributed by atoms with Gasteiger partial charge in [-0.2, -0.15) is 0 Å². The van der Waals surface area contributed by atoms with Crippen LogP contribution in [-0.4, -0.2) is 30.4 Å². The number of carbonyl (C=O) groups is 3. The maximum absolute atomic E-state index is 11.9. The second-order valence-corrected chi connectivity index (χ2v) is 5.28. The number of hydrogen-bond donors (Lipinski definition) is 2. The Balaban J connectivity index is 1.88. The average Bonchev–Trinajstić information content (AvgIpc) is 2.93. The number of anilines is 1. The van der Waals surface area contributed by atoms with Gasteiger partial charge in [-0.15, -0.1) is 0 Å². The summed E-state index contributed by atoms with van der Waals surface area (Å²) < 4.78 is 4.96. The van der Waals surface area contributed by atoms with Crippen molar-refractivity contribution < 1.29 is 19.1 Å². The summed E-state index contributed by atoms with van der Waals surface area (Å²) in [4.78, 5) is 34.7. The third kappa shape index (κ3) is 3.84. The first kappa shape index (κ1) is 16.0. The van der Waals surface area contributed by atoms with Crippen LogP contribution in [0.15, 0.2) is 18.2 Å². The third-order valence-corrected chi connectivity index (χ3v) is 3.63. The number of esters is 1. The fraction of sp³-hybridized carbons (Fsp3) is 0.438. The van der Waals surface area contributed by atoms with Crippen LogP contribution in [0.5, 0.6) is 0 Å². The average molecular weight is 304 g/mol. The highest BCUT2D eigenvalue weighted by atomic mass is 16.5. The normalized spacial score (nSPS) is 17.0. The van der Waals surface area contributed by atoms with Gasteiger partial charge in [0.2, 0.25) is 5.91 Å². The van der Waals surface area contributed by atoms with E-state index in [0.717, 1.165) is 23.2 Å². The Labute approximate surface area is 129 Å². The molecule has 1 fully saturated rings. The van der Waals surface area contributed by atoms with Gasteiger partial charge in [-0.3, -0.25) is 9.59 Å². The van der Waals surface area contributed by atoms with E-state index in [1.165, 1.54) is 0 Å². The van der Waals surface area contributed by atoms with Gasteiger partial charge in [-0.1, -0.05) is 25.1 Å². The Kier molecular flexibility index (Phi) is 5.14. The van der Waals surface area contributed by atoms with Crippen LogP contribution in [0.4, 0.5) is 5.69 Å². The molecular weight excluding hydrogens is 284 g/mol. The summed E-state index contributed by atoms with van der Waals surface area (Å²) in [6.45, 7) is 3.56. The molecule has 0 radical (unpaired) electrons. The molecule has 0 aromatic heterocycles. The van der Waals surface area contributed by atoms with Crippen molar-refractivity contribution in [3.05, 3.63) is 29.3 Å². The minimum absolute atomic E-state index is 0.168. The smallest absolute Gasteiger partial charge is 0.329 e. The van der Waals surface area contributed by atoms with Gasteiger partial charge in [0, 0.05) is 12.1 Å². The fourth-order valence-electron chi connectivity index (χ4n) is 2.41. The van der Waals surface area contributed by atoms with Crippen molar-refractivity contribution in [1.82, 2.24) is 5.32 Å². The lowest BCUT2D eigenvalue weighted by molar-refractivity contribution is -0.149. The minimum atomic E-state index is -0.634. The number of ether oxygens (including phenoxy) is 1. The van der Waals surface area contributed by atoms with E-state index in [0.29, 0.717) is 12.8 Å². The summed E-state index contributed by atoms with van der Waals surface area (Å²) in [5.41, 5.74) is 2.75. The summed E-state index contributed by atoms with van der Waals surface area (Å²) in [5, 5.41) is 5.29. The maximum Gasteiger partial charge on any atom is 0.329 e. The van der Waals surface area contributed by atoms with E-state index in [4.69, 9.17) is 4.74 Å². The lowest BCUT2D eigenvalue weighted by Gasteiger charge is -2.14. The molecule has 1 atom stereocenters. The number of benzene rings is 1. The number of aryl methyl sites for hydroxylation is 2. The van der Waals surface area contributed by atoms with E-state index < -0.39 is 12.0 Å². The molecule has 0 unspecified atom stereocenters. The molecule has 1 heterocycles. The molecule has 1 aliphatic heterocycles. The zero-order valence-electron chi connectivity index (χ0n) is 12.8. The van der Waals surface area contributed by atoms with Crippen molar-refractivity contribution in [2.24, 2.45) is 0 Å². The first-order valence-corrected chi connectivity index (χ1v) is 7.35. The molecule has 1 aliphatic rings. The van der Waals surface area contributed by atoms with Gasteiger partial charge < -0.3 is 15.4 Å². The Morgan fingerprint density at radius 3 is 2.82 bits per heavy atom. The second-order valence-electron chi connectivity index (χ2n) is 5.28. The number of rotatable bonds is 5. The Bertz CT molecular complexity index is 598. The summed E-state index contributed by atoms with van der Waals surface area (Å²) in [7, 11) is 0. The van der Waals surface area contributed by atoms with Gasteiger partial charge >= 0.3 is 5.97 Å². The maximum atomic E-state index is 11.9. The SMILES string of the molecule is CCc1cccc(C)c1NC(=O)COC(=O)[C@H]1CCC(=O)N1. The zero-order valence-corrected chi connectivity index (χ0v) is 12.8. The van der Waals surface area contributed by atoms with Crippen molar-refractivity contribution in [3.8, 4) is 0 Å². The number of hydrogen-bond acceptors (Lipinski definition) is 4. The lowest BCUT2D eigenvalue weighted by Crippen LogP contribution is -2.36. The number of amides is 2. The van der Waals surface area contributed by atoms with Gasteiger partial charge in [-0.25, -0.2) is 4.79 Å². The molecule has 118 valence electrons. The van der Waals surface area contributed by atoms with E-state index >= 15 is 0 Å². The van der Waals surface area contributed by atoms with Crippen molar-refractivity contribution in [2.75, 3.05) is 11.9 Å². The van der Waals surface area contributed by atoms with Crippen LogP contribution in [0.2, 0.25) is 0 Å². The molecule has 2 rings (SSSR count). The Morgan fingerprint density at radius 1 is 1.41 bits per heavy atom. The van der Waals surface area contributed by atoms with Gasteiger partial charge in [0.15, 0.2) is 6.61 Å². The van der Waals surface area contributed by atoms with Crippen molar-refractivity contribution >= 4 is 23.5 Å². The van der Waals surface area contributed by atoms with E-state index in [1.54, 1.807) is 0 Å². The molecule has 0 saturated carbocycles. The molecule has 2 N–H and O–H groups in total. The van der Waals surface area contributed by atoms with Gasteiger partial charge in [-0.05, 0) is 30.9 Å². The number of carbonyl (C=O) groups excluding carboxylic acids is 3. The van der Waals surface area contributed by atoms with Crippen molar-refractivity contribution in [3.63, 3.8) is 0 Å². The van der Waals surface area contributed by atoms with E-state index in [9.17, 15) is 14.4 Å². The third-order valence-electron chi connectivity index (χ3n) is 3.63. The Morgan fingerprint density at radius 2 is 2.18 bits per heavy atom. The van der Waals surface area contributed by atoms with E-state index in [2.05, 4.69) is 10.6 Å². The molecule has 1 aromatic rings. The van der Waals surface area contributed by atoms with Crippen LogP contribution < -0.4 is 10.6 Å². The van der Waals surface area contributed by atoms with E-state index in [1.807, 2.05) is 32.0 Å². The number of nitrogens with one attached hydrogen (secondary N) is 2. The predicted molar refractivity (Wildman–Crippen MR) is 81.3 cm³/mol. The summed E-state index contributed by atoms with van der Waals surface area (Å²) in [6.07, 6.45) is 1.53. The molecule has 1 saturated heterocycles.